The maximum atomic E-state index is 10.6. The molecule has 10 heavy (non-hydrogen) atoms. The van der Waals surface area contributed by atoms with Gasteiger partial charge in [-0.25, -0.2) is 8.42 Å². The second kappa shape index (κ2) is 3.42. The van der Waals surface area contributed by atoms with Gasteiger partial charge in [0.25, 0.3) is 9.05 Å². The van der Waals surface area contributed by atoms with E-state index in [9.17, 15) is 8.42 Å². The Morgan fingerprint density at radius 3 is 2.00 bits per heavy atom. The smallest absolute Gasteiger partial charge is 0.207 e. The Hall–Kier alpha value is 0.01000. The first-order chi connectivity index (χ1) is 4.39. The molecule has 0 aliphatic rings. The minimum absolute atomic E-state index is 0.0718. The number of allylic oxidation sites excluding steroid dienone is 2. The van der Waals surface area contributed by atoms with Gasteiger partial charge in [0.2, 0.25) is 0 Å². The van der Waals surface area contributed by atoms with E-state index < -0.39 is 9.05 Å². The first kappa shape index (κ1) is 10.0. The van der Waals surface area contributed by atoms with E-state index in [4.69, 9.17) is 22.3 Å². The van der Waals surface area contributed by atoms with Crippen molar-refractivity contribution >= 4 is 31.3 Å². The van der Waals surface area contributed by atoms with Gasteiger partial charge < -0.3 is 0 Å². The van der Waals surface area contributed by atoms with Gasteiger partial charge in [-0.3, -0.25) is 0 Å². The van der Waals surface area contributed by atoms with Crippen LogP contribution in [0.15, 0.2) is 22.6 Å². The maximum Gasteiger partial charge on any atom is 0.262 e. The van der Waals surface area contributed by atoms with Crippen LogP contribution in [0, 0.1) is 0 Å². The molecule has 2 nitrogen and oxygen atoms in total. The molecule has 0 saturated heterocycles. The highest BCUT2D eigenvalue weighted by Crippen LogP contribution is 2.21. The third-order valence-corrected chi connectivity index (χ3v) is 2.61. The van der Waals surface area contributed by atoms with Gasteiger partial charge in [-0.1, -0.05) is 24.3 Å². The average molecular weight is 201 g/mol. The second-order valence-electron chi connectivity index (χ2n) is 1.50. The SMILES string of the molecule is C=C(Cl)C(=CC)S(=O)(=O)Cl. The molecule has 0 saturated carbocycles. The molecule has 0 fully saturated rings. The molecule has 0 spiro atoms. The molecule has 0 aromatic heterocycles. The molecule has 0 atom stereocenters. The molecule has 0 heterocycles. The molecule has 58 valence electrons. The van der Waals surface area contributed by atoms with Crippen LogP contribution in [0.5, 0.6) is 0 Å². The number of halogens is 2. The normalized spacial score (nSPS) is 13.3. The van der Waals surface area contributed by atoms with E-state index in [0.717, 1.165) is 0 Å². The van der Waals surface area contributed by atoms with E-state index >= 15 is 0 Å². The summed E-state index contributed by atoms with van der Waals surface area (Å²) in [6, 6.07) is 0. The van der Waals surface area contributed by atoms with Crippen LogP contribution in [-0.2, 0) is 9.05 Å². The van der Waals surface area contributed by atoms with Crippen LogP contribution < -0.4 is 0 Å². The third kappa shape index (κ3) is 2.73. The lowest BCUT2D eigenvalue weighted by molar-refractivity contribution is 0.615. The van der Waals surface area contributed by atoms with Crippen molar-refractivity contribution < 1.29 is 8.42 Å². The molecule has 0 aliphatic heterocycles. The predicted molar refractivity (Wildman–Crippen MR) is 43.5 cm³/mol. The van der Waals surface area contributed by atoms with Gasteiger partial charge >= 0.3 is 0 Å². The fraction of sp³-hybridized carbons (Fsp3) is 0.200. The topological polar surface area (TPSA) is 34.1 Å². The minimum atomic E-state index is -3.71. The highest BCUT2D eigenvalue weighted by atomic mass is 35.7. The van der Waals surface area contributed by atoms with E-state index in [1.165, 1.54) is 13.0 Å². The molecule has 0 amide bonds. The maximum absolute atomic E-state index is 10.6. The minimum Gasteiger partial charge on any atom is -0.207 e. The molecule has 0 N–H and O–H groups in total. The molecule has 5 heteroatoms. The van der Waals surface area contributed by atoms with Crippen LogP contribution in [0.25, 0.3) is 0 Å². The largest absolute Gasteiger partial charge is 0.262 e. The fourth-order valence-corrected chi connectivity index (χ4v) is 2.05. The summed E-state index contributed by atoms with van der Waals surface area (Å²) in [6.07, 6.45) is 1.29. The van der Waals surface area contributed by atoms with Gasteiger partial charge in [0.15, 0.2) is 0 Å². The summed E-state index contributed by atoms with van der Waals surface area (Å²) in [5, 5.41) is -0.0718. The van der Waals surface area contributed by atoms with Gasteiger partial charge in [-0.05, 0) is 6.92 Å². The van der Waals surface area contributed by atoms with Crippen LogP contribution in [0.4, 0.5) is 0 Å². The Morgan fingerprint density at radius 1 is 1.60 bits per heavy atom. The Labute approximate surface area is 69.6 Å². The quantitative estimate of drug-likeness (QED) is 0.507. The molecule has 0 aromatic rings. The Balaban J connectivity index is 4.95. The first-order valence-electron chi connectivity index (χ1n) is 2.35. The van der Waals surface area contributed by atoms with Crippen LogP contribution in [0.2, 0.25) is 0 Å². The zero-order chi connectivity index (χ0) is 8.36. The summed E-state index contributed by atoms with van der Waals surface area (Å²) in [5.41, 5.74) is 0. The van der Waals surface area contributed by atoms with Gasteiger partial charge in [-0.15, -0.1) is 0 Å². The molecule has 0 aromatic carbocycles. The molecule has 0 radical (unpaired) electrons. The summed E-state index contributed by atoms with van der Waals surface area (Å²) >= 11 is 5.30. The summed E-state index contributed by atoms with van der Waals surface area (Å²) in [4.78, 5) is -0.143. The van der Waals surface area contributed by atoms with Crippen molar-refractivity contribution in [3.8, 4) is 0 Å². The summed E-state index contributed by atoms with van der Waals surface area (Å²) in [5.74, 6) is 0. The van der Waals surface area contributed by atoms with Gasteiger partial charge in [0, 0.05) is 10.7 Å². The van der Waals surface area contributed by atoms with Crippen molar-refractivity contribution in [3.63, 3.8) is 0 Å². The molecule has 0 aliphatic carbocycles. The lowest BCUT2D eigenvalue weighted by Crippen LogP contribution is -1.93. The predicted octanol–water partition coefficient (Wildman–Crippen LogP) is 2.21. The molecule has 0 unspecified atom stereocenters. The number of rotatable bonds is 2. The summed E-state index contributed by atoms with van der Waals surface area (Å²) < 4.78 is 21.1. The molecular formula is C5H6Cl2O2S. The summed E-state index contributed by atoms with van der Waals surface area (Å²) in [7, 11) is 1.24. The highest BCUT2D eigenvalue weighted by Gasteiger charge is 2.14. The van der Waals surface area contributed by atoms with E-state index in [0.29, 0.717) is 0 Å². The third-order valence-electron chi connectivity index (χ3n) is 0.792. The molecular weight excluding hydrogens is 195 g/mol. The van der Waals surface area contributed by atoms with Crippen LogP contribution in [0.1, 0.15) is 6.92 Å². The summed E-state index contributed by atoms with van der Waals surface area (Å²) in [6.45, 7) is 4.74. The van der Waals surface area contributed by atoms with Crippen LogP contribution in [0.3, 0.4) is 0 Å². The standard InChI is InChI=1S/C5H6Cl2O2S/c1-3-5(4(2)6)10(7,8)9/h3H,2H2,1H3. The lowest BCUT2D eigenvalue weighted by Gasteiger charge is -1.96. The zero-order valence-corrected chi connectivity index (χ0v) is 7.59. The van der Waals surface area contributed by atoms with E-state index in [1.807, 2.05) is 0 Å². The fourth-order valence-electron chi connectivity index (χ4n) is 0.430. The second-order valence-corrected chi connectivity index (χ2v) is 4.49. The van der Waals surface area contributed by atoms with E-state index in [1.54, 1.807) is 0 Å². The Morgan fingerprint density at radius 2 is 2.00 bits per heavy atom. The van der Waals surface area contributed by atoms with Crippen molar-refractivity contribution in [2.75, 3.05) is 0 Å². The van der Waals surface area contributed by atoms with Crippen molar-refractivity contribution in [1.82, 2.24) is 0 Å². The zero-order valence-electron chi connectivity index (χ0n) is 5.27. The van der Waals surface area contributed by atoms with Gasteiger partial charge in [-0.2, -0.15) is 0 Å². The number of hydrogen-bond acceptors (Lipinski definition) is 2. The lowest BCUT2D eigenvalue weighted by atomic mass is 10.5. The first-order valence-corrected chi connectivity index (χ1v) is 5.04. The molecule has 0 bridgehead atoms. The van der Waals surface area contributed by atoms with Crippen LogP contribution >= 0.6 is 22.3 Å². The monoisotopic (exact) mass is 200 g/mol. The van der Waals surface area contributed by atoms with E-state index in [2.05, 4.69) is 6.58 Å². The van der Waals surface area contributed by atoms with Crippen molar-refractivity contribution in [2.45, 2.75) is 6.92 Å². The molecule has 0 rings (SSSR count). The Kier molecular flexibility index (Phi) is 3.42. The van der Waals surface area contributed by atoms with Crippen LogP contribution in [-0.4, -0.2) is 8.42 Å². The van der Waals surface area contributed by atoms with Crippen molar-refractivity contribution in [2.24, 2.45) is 0 Å². The number of hydrogen-bond donors (Lipinski definition) is 0. The van der Waals surface area contributed by atoms with Gasteiger partial charge in [0.05, 0.1) is 9.94 Å². The van der Waals surface area contributed by atoms with E-state index in [-0.39, 0.29) is 9.94 Å². The highest BCUT2D eigenvalue weighted by molar-refractivity contribution is 8.17. The van der Waals surface area contributed by atoms with Crippen molar-refractivity contribution in [1.29, 1.82) is 0 Å². The van der Waals surface area contributed by atoms with Gasteiger partial charge in [0.1, 0.15) is 0 Å². The average Bonchev–Trinajstić information content (AvgIpc) is 1.60. The Bertz CT molecular complexity index is 263. The van der Waals surface area contributed by atoms with Crippen molar-refractivity contribution in [3.05, 3.63) is 22.6 Å².